The molecular formula is C21H23N3O2. The van der Waals surface area contributed by atoms with E-state index < -0.39 is 0 Å². The molecule has 1 amide bonds. The van der Waals surface area contributed by atoms with E-state index in [4.69, 9.17) is 4.42 Å². The molecule has 1 aromatic carbocycles. The Balaban J connectivity index is 1.65. The van der Waals surface area contributed by atoms with E-state index in [0.717, 1.165) is 36.8 Å². The molecule has 134 valence electrons. The van der Waals surface area contributed by atoms with Crippen LogP contribution >= 0.6 is 0 Å². The molecule has 5 nitrogen and oxygen atoms in total. The van der Waals surface area contributed by atoms with Gasteiger partial charge in [0.05, 0.1) is 17.3 Å². The highest BCUT2D eigenvalue weighted by Gasteiger charge is 2.27. The zero-order valence-corrected chi connectivity index (χ0v) is 14.9. The maximum atomic E-state index is 13.0. The van der Waals surface area contributed by atoms with Crippen molar-refractivity contribution in [1.29, 1.82) is 0 Å². The Kier molecular flexibility index (Phi) is 4.47. The van der Waals surface area contributed by atoms with Crippen LogP contribution in [0.1, 0.15) is 30.1 Å². The Bertz CT molecular complexity index is 912. The number of amides is 1. The van der Waals surface area contributed by atoms with Crippen LogP contribution in [0.3, 0.4) is 0 Å². The van der Waals surface area contributed by atoms with Crippen molar-refractivity contribution in [3.8, 4) is 11.5 Å². The van der Waals surface area contributed by atoms with E-state index in [2.05, 4.69) is 22.5 Å². The summed E-state index contributed by atoms with van der Waals surface area (Å²) in [7, 11) is 0. The molecule has 0 bridgehead atoms. The number of piperidine rings is 1. The van der Waals surface area contributed by atoms with Crippen LogP contribution in [0.5, 0.6) is 0 Å². The minimum Gasteiger partial charge on any atom is -0.463 e. The predicted molar refractivity (Wildman–Crippen MR) is 102 cm³/mol. The van der Waals surface area contributed by atoms with Gasteiger partial charge in [-0.25, -0.2) is 4.98 Å². The lowest BCUT2D eigenvalue weighted by Gasteiger charge is -2.34. The molecule has 26 heavy (non-hydrogen) atoms. The van der Waals surface area contributed by atoms with E-state index in [1.165, 1.54) is 0 Å². The van der Waals surface area contributed by atoms with Gasteiger partial charge in [-0.3, -0.25) is 4.79 Å². The number of aromatic nitrogens is 1. The Hall–Kier alpha value is -2.66. The number of para-hydroxylation sites is 1. The molecular weight excluding hydrogens is 326 g/mol. The zero-order chi connectivity index (χ0) is 18.0. The topological polar surface area (TPSA) is 67.2 Å². The second-order valence-corrected chi connectivity index (χ2v) is 7.29. The Morgan fingerprint density at radius 3 is 2.81 bits per heavy atom. The van der Waals surface area contributed by atoms with Crippen LogP contribution in [0.25, 0.3) is 22.4 Å². The first-order valence-corrected chi connectivity index (χ1v) is 9.07. The lowest BCUT2D eigenvalue weighted by molar-refractivity contribution is 0.0924. The molecule has 5 heteroatoms. The van der Waals surface area contributed by atoms with Gasteiger partial charge in [-0.15, -0.1) is 0 Å². The van der Waals surface area contributed by atoms with Gasteiger partial charge in [0.1, 0.15) is 5.69 Å². The first kappa shape index (κ1) is 16.8. The van der Waals surface area contributed by atoms with Crippen LogP contribution in [-0.2, 0) is 0 Å². The molecule has 4 rings (SSSR count). The van der Waals surface area contributed by atoms with E-state index in [9.17, 15) is 4.79 Å². The van der Waals surface area contributed by atoms with E-state index in [1.54, 1.807) is 6.26 Å². The van der Waals surface area contributed by atoms with Gasteiger partial charge in [-0.1, -0.05) is 25.1 Å². The number of hydrogen-bond donors (Lipinski definition) is 2. The number of nitrogens with zero attached hydrogens (tertiary/aromatic N) is 1. The van der Waals surface area contributed by atoms with Crippen LogP contribution < -0.4 is 10.6 Å². The van der Waals surface area contributed by atoms with E-state index in [1.807, 2.05) is 42.5 Å². The SMILES string of the molecule is CC1(CNC(=O)c2cc(-c3ccco3)nc3ccccc23)CCNCC1. The molecule has 2 N–H and O–H groups in total. The summed E-state index contributed by atoms with van der Waals surface area (Å²) in [6, 6.07) is 13.2. The summed E-state index contributed by atoms with van der Waals surface area (Å²) < 4.78 is 5.47. The molecule has 0 unspecified atom stereocenters. The summed E-state index contributed by atoms with van der Waals surface area (Å²) in [5.74, 6) is 0.603. The van der Waals surface area contributed by atoms with Gasteiger partial charge in [0.15, 0.2) is 5.76 Å². The lowest BCUT2D eigenvalue weighted by atomic mass is 9.81. The Morgan fingerprint density at radius 2 is 2.04 bits per heavy atom. The van der Waals surface area contributed by atoms with Gasteiger partial charge in [0.2, 0.25) is 0 Å². The number of furan rings is 1. The molecule has 3 aromatic rings. The molecule has 0 saturated carbocycles. The van der Waals surface area contributed by atoms with Gasteiger partial charge < -0.3 is 15.1 Å². The van der Waals surface area contributed by atoms with Crippen LogP contribution in [0.2, 0.25) is 0 Å². The second kappa shape index (κ2) is 6.92. The molecule has 2 aromatic heterocycles. The van der Waals surface area contributed by atoms with Gasteiger partial charge in [0, 0.05) is 11.9 Å². The van der Waals surface area contributed by atoms with Crippen LogP contribution in [-0.4, -0.2) is 30.5 Å². The molecule has 0 aliphatic carbocycles. The standard InChI is InChI=1S/C21H23N3O2/c1-21(8-10-22-11-9-21)14-23-20(25)16-13-18(19-7-4-12-26-19)24-17-6-3-2-5-15(16)17/h2-7,12-13,22H,8-11,14H2,1H3,(H,23,25). The largest absolute Gasteiger partial charge is 0.463 e. The zero-order valence-electron chi connectivity index (χ0n) is 14.9. The number of carbonyl (C=O) groups is 1. The molecule has 0 spiro atoms. The minimum absolute atomic E-state index is 0.0591. The summed E-state index contributed by atoms with van der Waals surface area (Å²) in [6.45, 7) is 4.94. The van der Waals surface area contributed by atoms with Crippen molar-refractivity contribution in [2.24, 2.45) is 5.41 Å². The first-order valence-electron chi connectivity index (χ1n) is 9.07. The number of nitrogens with one attached hydrogen (secondary N) is 2. The molecule has 1 fully saturated rings. The second-order valence-electron chi connectivity index (χ2n) is 7.29. The number of rotatable bonds is 4. The van der Waals surface area contributed by atoms with Gasteiger partial charge in [-0.2, -0.15) is 0 Å². The smallest absolute Gasteiger partial charge is 0.252 e. The highest BCUT2D eigenvalue weighted by Crippen LogP contribution is 2.28. The Labute approximate surface area is 152 Å². The summed E-state index contributed by atoms with van der Waals surface area (Å²) >= 11 is 0. The number of pyridine rings is 1. The molecule has 1 saturated heterocycles. The Morgan fingerprint density at radius 1 is 1.23 bits per heavy atom. The first-order chi connectivity index (χ1) is 12.6. The fourth-order valence-corrected chi connectivity index (χ4v) is 3.51. The molecule has 0 radical (unpaired) electrons. The average molecular weight is 349 g/mol. The number of fused-ring (bicyclic) bond motifs is 1. The maximum Gasteiger partial charge on any atom is 0.252 e. The highest BCUT2D eigenvalue weighted by atomic mass is 16.3. The van der Waals surface area contributed by atoms with E-state index >= 15 is 0 Å². The molecule has 1 aliphatic heterocycles. The van der Waals surface area contributed by atoms with Gasteiger partial charge >= 0.3 is 0 Å². The van der Waals surface area contributed by atoms with Gasteiger partial charge in [0.25, 0.3) is 5.91 Å². The predicted octanol–water partition coefficient (Wildman–Crippen LogP) is 3.61. The third-order valence-corrected chi connectivity index (χ3v) is 5.22. The van der Waals surface area contributed by atoms with Crippen molar-refractivity contribution in [3.63, 3.8) is 0 Å². The van der Waals surface area contributed by atoms with Crippen molar-refractivity contribution < 1.29 is 9.21 Å². The van der Waals surface area contributed by atoms with Crippen molar-refractivity contribution in [2.75, 3.05) is 19.6 Å². The minimum atomic E-state index is -0.0591. The third-order valence-electron chi connectivity index (χ3n) is 5.22. The summed E-state index contributed by atoms with van der Waals surface area (Å²) in [4.78, 5) is 17.6. The monoisotopic (exact) mass is 349 g/mol. The fourth-order valence-electron chi connectivity index (χ4n) is 3.51. The molecule has 0 atom stereocenters. The maximum absolute atomic E-state index is 13.0. The van der Waals surface area contributed by atoms with Crippen molar-refractivity contribution >= 4 is 16.8 Å². The molecule has 1 aliphatic rings. The van der Waals surface area contributed by atoms with E-state index in [-0.39, 0.29) is 11.3 Å². The van der Waals surface area contributed by atoms with Crippen LogP contribution in [0, 0.1) is 5.41 Å². The molecule has 3 heterocycles. The fraction of sp³-hybridized carbons (Fsp3) is 0.333. The number of hydrogen-bond acceptors (Lipinski definition) is 4. The van der Waals surface area contributed by atoms with Crippen LogP contribution in [0.4, 0.5) is 0 Å². The van der Waals surface area contributed by atoms with Crippen molar-refractivity contribution in [3.05, 3.63) is 54.3 Å². The highest BCUT2D eigenvalue weighted by molar-refractivity contribution is 6.07. The normalized spacial score (nSPS) is 16.5. The average Bonchev–Trinajstić information content (AvgIpc) is 3.21. The summed E-state index contributed by atoms with van der Waals surface area (Å²) in [5.41, 5.74) is 2.25. The van der Waals surface area contributed by atoms with E-state index in [0.29, 0.717) is 23.6 Å². The summed E-state index contributed by atoms with van der Waals surface area (Å²) in [5, 5.41) is 7.38. The van der Waals surface area contributed by atoms with Crippen LogP contribution in [0.15, 0.2) is 53.1 Å². The summed E-state index contributed by atoms with van der Waals surface area (Å²) in [6.07, 6.45) is 3.76. The lowest BCUT2D eigenvalue weighted by Crippen LogP contribution is -2.42. The number of carbonyl (C=O) groups excluding carboxylic acids is 1. The third kappa shape index (κ3) is 3.35. The van der Waals surface area contributed by atoms with Gasteiger partial charge in [-0.05, 0) is 55.6 Å². The van der Waals surface area contributed by atoms with Crippen molar-refractivity contribution in [1.82, 2.24) is 15.6 Å². The van der Waals surface area contributed by atoms with Crippen molar-refractivity contribution in [2.45, 2.75) is 19.8 Å². The number of benzene rings is 1. The quantitative estimate of drug-likeness (QED) is 0.755.